The molecule has 4 nitrogen and oxygen atoms in total. The molecule has 1 aliphatic heterocycles. The van der Waals surface area contributed by atoms with Gasteiger partial charge in [0.15, 0.2) is 0 Å². The summed E-state index contributed by atoms with van der Waals surface area (Å²) in [4.78, 5) is 11.5. The summed E-state index contributed by atoms with van der Waals surface area (Å²) in [5.41, 5.74) is 0. The first-order valence-corrected chi connectivity index (χ1v) is 6.61. The van der Waals surface area contributed by atoms with E-state index in [0.29, 0.717) is 19.4 Å². The molecule has 4 heteroatoms. The molecule has 1 aliphatic rings. The molecule has 0 spiro atoms. The number of aliphatic hydroxyl groups excluding tert-OH is 1. The van der Waals surface area contributed by atoms with Crippen molar-refractivity contribution in [3.63, 3.8) is 0 Å². The maximum Gasteiger partial charge on any atom is 0.308 e. The SMILES string of the molecule is CCCCOC(=O)C[C@@H]1CC[C@H](C[C@H](C)O)O1. The maximum atomic E-state index is 11.5. The van der Waals surface area contributed by atoms with Gasteiger partial charge in [-0.1, -0.05) is 13.3 Å². The third-order valence-corrected chi connectivity index (χ3v) is 2.95. The van der Waals surface area contributed by atoms with Crippen LogP contribution in [0.3, 0.4) is 0 Å². The number of esters is 1. The second-order valence-electron chi connectivity index (χ2n) is 4.82. The van der Waals surface area contributed by atoms with Crippen molar-refractivity contribution in [2.75, 3.05) is 6.61 Å². The Hall–Kier alpha value is -0.610. The van der Waals surface area contributed by atoms with Gasteiger partial charge >= 0.3 is 5.97 Å². The highest BCUT2D eigenvalue weighted by atomic mass is 16.5. The molecule has 100 valence electrons. The van der Waals surface area contributed by atoms with Crippen molar-refractivity contribution in [2.24, 2.45) is 0 Å². The molecule has 1 N–H and O–H groups in total. The minimum absolute atomic E-state index is 0.0205. The molecule has 3 atom stereocenters. The van der Waals surface area contributed by atoms with Gasteiger partial charge in [0, 0.05) is 0 Å². The Morgan fingerprint density at radius 3 is 2.82 bits per heavy atom. The van der Waals surface area contributed by atoms with Crippen molar-refractivity contribution in [2.45, 2.75) is 70.7 Å². The Labute approximate surface area is 103 Å². The lowest BCUT2D eigenvalue weighted by molar-refractivity contribution is -0.146. The van der Waals surface area contributed by atoms with Crippen LogP contribution in [-0.4, -0.2) is 36.0 Å². The van der Waals surface area contributed by atoms with E-state index in [9.17, 15) is 9.90 Å². The molecule has 0 radical (unpaired) electrons. The van der Waals surface area contributed by atoms with Crippen molar-refractivity contribution >= 4 is 5.97 Å². The summed E-state index contributed by atoms with van der Waals surface area (Å²) in [5, 5.41) is 9.25. The molecule has 0 saturated carbocycles. The average Bonchev–Trinajstić information content (AvgIpc) is 2.64. The largest absolute Gasteiger partial charge is 0.466 e. The van der Waals surface area contributed by atoms with Gasteiger partial charge in [-0.15, -0.1) is 0 Å². The zero-order valence-corrected chi connectivity index (χ0v) is 10.9. The van der Waals surface area contributed by atoms with E-state index >= 15 is 0 Å². The zero-order valence-electron chi connectivity index (χ0n) is 10.9. The van der Waals surface area contributed by atoms with Crippen LogP contribution < -0.4 is 0 Å². The lowest BCUT2D eigenvalue weighted by Gasteiger charge is -2.14. The second kappa shape index (κ2) is 7.67. The summed E-state index contributed by atoms with van der Waals surface area (Å²) in [6.45, 7) is 4.34. The van der Waals surface area contributed by atoms with Gasteiger partial charge in [-0.25, -0.2) is 0 Å². The van der Waals surface area contributed by atoms with E-state index < -0.39 is 0 Å². The molecule has 1 rings (SSSR count). The van der Waals surface area contributed by atoms with Crippen LogP contribution in [0.4, 0.5) is 0 Å². The smallest absolute Gasteiger partial charge is 0.308 e. The van der Waals surface area contributed by atoms with Crippen LogP contribution in [0.25, 0.3) is 0 Å². The first-order chi connectivity index (χ1) is 8.11. The minimum atomic E-state index is -0.338. The van der Waals surface area contributed by atoms with E-state index in [4.69, 9.17) is 9.47 Å². The van der Waals surface area contributed by atoms with E-state index in [1.807, 2.05) is 0 Å². The van der Waals surface area contributed by atoms with Gasteiger partial charge in [0.2, 0.25) is 0 Å². The molecule has 0 aromatic carbocycles. The molecule has 0 bridgehead atoms. The Bertz CT molecular complexity index is 227. The quantitative estimate of drug-likeness (QED) is 0.550. The van der Waals surface area contributed by atoms with Crippen LogP contribution >= 0.6 is 0 Å². The monoisotopic (exact) mass is 244 g/mol. The molecule has 17 heavy (non-hydrogen) atoms. The third kappa shape index (κ3) is 6.03. The Kier molecular flexibility index (Phi) is 6.52. The van der Waals surface area contributed by atoms with Crippen molar-refractivity contribution < 1.29 is 19.4 Å². The number of ether oxygens (including phenoxy) is 2. The van der Waals surface area contributed by atoms with Gasteiger partial charge in [-0.2, -0.15) is 0 Å². The van der Waals surface area contributed by atoms with Gasteiger partial charge in [0.05, 0.1) is 31.3 Å². The number of aliphatic hydroxyl groups is 1. The zero-order chi connectivity index (χ0) is 12.7. The predicted octanol–water partition coefficient (Wildman–Crippen LogP) is 2.04. The van der Waals surface area contributed by atoms with Crippen LogP contribution in [0.1, 0.15) is 52.4 Å². The Morgan fingerprint density at radius 1 is 1.47 bits per heavy atom. The highest BCUT2D eigenvalue weighted by Gasteiger charge is 2.28. The van der Waals surface area contributed by atoms with Crippen molar-refractivity contribution in [3.05, 3.63) is 0 Å². The molecule has 0 amide bonds. The minimum Gasteiger partial charge on any atom is -0.466 e. The van der Waals surface area contributed by atoms with E-state index in [-0.39, 0.29) is 24.3 Å². The van der Waals surface area contributed by atoms with Gasteiger partial charge in [0.1, 0.15) is 0 Å². The van der Waals surface area contributed by atoms with Crippen LogP contribution in [-0.2, 0) is 14.3 Å². The summed E-state index contributed by atoms with van der Waals surface area (Å²) in [6, 6.07) is 0. The fourth-order valence-electron chi connectivity index (χ4n) is 2.06. The fourth-order valence-corrected chi connectivity index (χ4v) is 2.06. The normalized spacial score (nSPS) is 25.8. The summed E-state index contributed by atoms with van der Waals surface area (Å²) < 4.78 is 10.8. The number of carbonyl (C=O) groups is 1. The lowest BCUT2D eigenvalue weighted by atomic mass is 10.1. The Balaban J connectivity index is 2.14. The first-order valence-electron chi connectivity index (χ1n) is 6.61. The first kappa shape index (κ1) is 14.5. The summed E-state index contributed by atoms with van der Waals surface area (Å²) in [6.07, 6.45) is 4.51. The molecule has 0 aromatic heterocycles. The van der Waals surface area contributed by atoms with Crippen LogP contribution in [0.5, 0.6) is 0 Å². The van der Waals surface area contributed by atoms with Gasteiger partial charge in [-0.05, 0) is 32.6 Å². The standard InChI is InChI=1S/C13H24O4/c1-3-4-7-16-13(15)9-12-6-5-11(17-12)8-10(2)14/h10-12,14H,3-9H2,1-2H3/t10-,11+,12-/m0/s1. The van der Waals surface area contributed by atoms with Crippen molar-refractivity contribution in [1.29, 1.82) is 0 Å². The molecule has 1 heterocycles. The number of rotatable bonds is 7. The van der Waals surface area contributed by atoms with E-state index in [0.717, 1.165) is 25.7 Å². The highest BCUT2D eigenvalue weighted by molar-refractivity contribution is 5.69. The topological polar surface area (TPSA) is 55.8 Å². The number of carbonyl (C=O) groups excluding carboxylic acids is 1. The number of hydrogen-bond acceptors (Lipinski definition) is 4. The predicted molar refractivity (Wildman–Crippen MR) is 64.7 cm³/mol. The van der Waals surface area contributed by atoms with Crippen LogP contribution in [0, 0.1) is 0 Å². The molecule has 0 aromatic rings. The summed E-state index contributed by atoms with van der Waals surface area (Å²) in [5.74, 6) is -0.166. The lowest BCUT2D eigenvalue weighted by Crippen LogP contribution is -2.19. The number of hydrogen-bond donors (Lipinski definition) is 1. The van der Waals surface area contributed by atoms with Crippen molar-refractivity contribution in [3.8, 4) is 0 Å². The molecule has 0 aliphatic carbocycles. The van der Waals surface area contributed by atoms with Crippen molar-refractivity contribution in [1.82, 2.24) is 0 Å². The molecular formula is C13H24O4. The second-order valence-corrected chi connectivity index (χ2v) is 4.82. The maximum absolute atomic E-state index is 11.5. The average molecular weight is 244 g/mol. The molecule has 1 saturated heterocycles. The fraction of sp³-hybridized carbons (Fsp3) is 0.923. The van der Waals surface area contributed by atoms with Gasteiger partial charge in [-0.3, -0.25) is 4.79 Å². The van der Waals surface area contributed by atoms with Gasteiger partial charge < -0.3 is 14.6 Å². The molecule has 0 unspecified atom stereocenters. The molecular weight excluding hydrogens is 220 g/mol. The number of unbranched alkanes of at least 4 members (excludes halogenated alkanes) is 1. The highest BCUT2D eigenvalue weighted by Crippen LogP contribution is 2.25. The molecule has 1 fully saturated rings. The summed E-state index contributed by atoms with van der Waals surface area (Å²) >= 11 is 0. The van der Waals surface area contributed by atoms with Gasteiger partial charge in [0.25, 0.3) is 0 Å². The Morgan fingerprint density at radius 2 is 2.18 bits per heavy atom. The van der Waals surface area contributed by atoms with E-state index in [2.05, 4.69) is 6.92 Å². The third-order valence-electron chi connectivity index (χ3n) is 2.95. The van der Waals surface area contributed by atoms with E-state index in [1.165, 1.54) is 0 Å². The van der Waals surface area contributed by atoms with E-state index in [1.54, 1.807) is 6.92 Å². The summed E-state index contributed by atoms with van der Waals surface area (Å²) in [7, 11) is 0. The van der Waals surface area contributed by atoms with Crippen LogP contribution in [0.2, 0.25) is 0 Å². The van der Waals surface area contributed by atoms with Crippen LogP contribution in [0.15, 0.2) is 0 Å².